The molecule has 0 bridgehead atoms. The summed E-state index contributed by atoms with van der Waals surface area (Å²) in [6.45, 7) is 2.45. The number of aryl methyl sites for hydroxylation is 1. The van der Waals surface area contributed by atoms with Crippen LogP contribution in [-0.2, 0) is 13.1 Å². The zero-order valence-electron chi connectivity index (χ0n) is 10.2. The summed E-state index contributed by atoms with van der Waals surface area (Å²) in [4.78, 5) is 11.7. The van der Waals surface area contributed by atoms with E-state index in [2.05, 4.69) is 0 Å². The van der Waals surface area contributed by atoms with Gasteiger partial charge in [0.2, 0.25) is 0 Å². The minimum absolute atomic E-state index is 0.0615. The van der Waals surface area contributed by atoms with Crippen molar-refractivity contribution in [2.24, 2.45) is 5.73 Å². The average Bonchev–Trinajstić information content (AvgIpc) is 2.35. The van der Waals surface area contributed by atoms with Crippen LogP contribution in [-0.4, -0.2) is 4.57 Å². The second kappa shape index (κ2) is 5.14. The maximum absolute atomic E-state index is 13.3. The van der Waals surface area contributed by atoms with Crippen molar-refractivity contribution in [3.05, 3.63) is 69.4 Å². The second-order valence-corrected chi connectivity index (χ2v) is 4.30. The van der Waals surface area contributed by atoms with Gasteiger partial charge in [0.25, 0.3) is 5.56 Å². The molecule has 2 aromatic rings. The van der Waals surface area contributed by atoms with Gasteiger partial charge in [-0.15, -0.1) is 0 Å². The van der Waals surface area contributed by atoms with Gasteiger partial charge in [-0.25, -0.2) is 4.39 Å². The van der Waals surface area contributed by atoms with Gasteiger partial charge in [-0.05, 0) is 36.2 Å². The fourth-order valence-corrected chi connectivity index (χ4v) is 1.82. The first-order valence-corrected chi connectivity index (χ1v) is 5.74. The van der Waals surface area contributed by atoms with Crippen molar-refractivity contribution >= 4 is 0 Å². The van der Waals surface area contributed by atoms with Crippen molar-refractivity contribution in [2.75, 3.05) is 0 Å². The molecular formula is C14H15FN2O. The Morgan fingerprint density at radius 2 is 2.06 bits per heavy atom. The van der Waals surface area contributed by atoms with Crippen molar-refractivity contribution in [1.29, 1.82) is 0 Å². The predicted molar refractivity (Wildman–Crippen MR) is 68.8 cm³/mol. The lowest BCUT2D eigenvalue weighted by Gasteiger charge is -2.08. The van der Waals surface area contributed by atoms with E-state index in [0.29, 0.717) is 12.1 Å². The summed E-state index contributed by atoms with van der Waals surface area (Å²) in [7, 11) is 0. The molecule has 2 rings (SSSR count). The van der Waals surface area contributed by atoms with Crippen molar-refractivity contribution < 1.29 is 4.39 Å². The van der Waals surface area contributed by atoms with Crippen LogP contribution in [0.5, 0.6) is 0 Å². The van der Waals surface area contributed by atoms with Crippen LogP contribution >= 0.6 is 0 Å². The lowest BCUT2D eigenvalue weighted by atomic mass is 10.1. The lowest BCUT2D eigenvalue weighted by Crippen LogP contribution is -2.19. The Morgan fingerprint density at radius 3 is 2.72 bits per heavy atom. The number of hydrogen-bond donors (Lipinski definition) is 1. The molecule has 3 nitrogen and oxygen atoms in total. The number of pyridine rings is 1. The van der Waals surface area contributed by atoms with E-state index in [-0.39, 0.29) is 17.9 Å². The zero-order chi connectivity index (χ0) is 13.1. The summed E-state index contributed by atoms with van der Waals surface area (Å²) in [5.41, 5.74) is 7.65. The highest BCUT2D eigenvalue weighted by Crippen LogP contribution is 2.10. The second-order valence-electron chi connectivity index (χ2n) is 4.30. The molecule has 94 valence electrons. The summed E-state index contributed by atoms with van der Waals surface area (Å²) >= 11 is 0. The van der Waals surface area contributed by atoms with E-state index in [1.165, 1.54) is 6.07 Å². The Bertz CT molecular complexity index is 619. The van der Waals surface area contributed by atoms with Crippen LogP contribution in [0.2, 0.25) is 0 Å². The zero-order valence-corrected chi connectivity index (χ0v) is 10.2. The molecule has 0 fully saturated rings. The number of aromatic nitrogens is 1. The Hall–Kier alpha value is -1.94. The molecule has 0 aliphatic rings. The van der Waals surface area contributed by atoms with Gasteiger partial charge in [0, 0.05) is 24.4 Å². The molecule has 4 heteroatoms. The SMILES string of the molecule is Cc1ccn(Cc2ccc(F)c(CN)c2)c(=O)c1. The van der Waals surface area contributed by atoms with Gasteiger partial charge in [0.1, 0.15) is 5.82 Å². The van der Waals surface area contributed by atoms with Crippen LogP contribution in [0.1, 0.15) is 16.7 Å². The molecule has 0 unspecified atom stereocenters. The summed E-state index contributed by atoms with van der Waals surface area (Å²) < 4.78 is 14.9. The molecular weight excluding hydrogens is 231 g/mol. The normalized spacial score (nSPS) is 10.6. The number of halogens is 1. The average molecular weight is 246 g/mol. The van der Waals surface area contributed by atoms with Crippen LogP contribution in [0, 0.1) is 12.7 Å². The number of nitrogens with zero attached hydrogens (tertiary/aromatic N) is 1. The van der Waals surface area contributed by atoms with Crippen LogP contribution in [0.25, 0.3) is 0 Å². The Labute approximate surface area is 105 Å². The summed E-state index contributed by atoms with van der Waals surface area (Å²) in [5.74, 6) is -0.308. The fourth-order valence-electron chi connectivity index (χ4n) is 1.82. The molecule has 0 atom stereocenters. The van der Waals surface area contributed by atoms with Gasteiger partial charge < -0.3 is 10.3 Å². The van der Waals surface area contributed by atoms with Gasteiger partial charge in [-0.1, -0.05) is 6.07 Å². The van der Waals surface area contributed by atoms with Gasteiger partial charge in [0.15, 0.2) is 0 Å². The predicted octanol–water partition coefficient (Wildman–Crippen LogP) is 1.80. The molecule has 0 radical (unpaired) electrons. The molecule has 0 saturated carbocycles. The Balaban J connectivity index is 2.31. The Kier molecular flexibility index (Phi) is 3.58. The van der Waals surface area contributed by atoms with Crippen molar-refractivity contribution in [3.63, 3.8) is 0 Å². The van der Waals surface area contributed by atoms with E-state index < -0.39 is 0 Å². The maximum Gasteiger partial charge on any atom is 0.251 e. The largest absolute Gasteiger partial charge is 0.326 e. The standard InChI is InChI=1S/C14H15FN2O/c1-10-4-5-17(14(18)6-10)9-11-2-3-13(15)12(7-11)8-16/h2-7H,8-9,16H2,1H3. The number of nitrogens with two attached hydrogens (primary N) is 1. The molecule has 1 heterocycles. The summed E-state index contributed by atoms with van der Waals surface area (Å²) in [6.07, 6.45) is 1.74. The number of rotatable bonds is 3. The Morgan fingerprint density at radius 1 is 1.28 bits per heavy atom. The van der Waals surface area contributed by atoms with Crippen LogP contribution in [0.15, 0.2) is 41.3 Å². The molecule has 0 spiro atoms. The first-order chi connectivity index (χ1) is 8.60. The lowest BCUT2D eigenvalue weighted by molar-refractivity contribution is 0.608. The van der Waals surface area contributed by atoms with E-state index in [1.54, 1.807) is 29.0 Å². The third kappa shape index (κ3) is 2.65. The minimum Gasteiger partial charge on any atom is -0.326 e. The molecule has 0 saturated heterocycles. The van der Waals surface area contributed by atoms with Crippen molar-refractivity contribution in [1.82, 2.24) is 4.57 Å². The van der Waals surface area contributed by atoms with E-state index in [4.69, 9.17) is 5.73 Å². The van der Waals surface area contributed by atoms with E-state index >= 15 is 0 Å². The molecule has 18 heavy (non-hydrogen) atoms. The third-order valence-electron chi connectivity index (χ3n) is 2.83. The molecule has 2 N–H and O–H groups in total. The quantitative estimate of drug-likeness (QED) is 0.897. The molecule has 0 aliphatic heterocycles. The summed E-state index contributed by atoms with van der Waals surface area (Å²) in [6, 6.07) is 8.20. The van der Waals surface area contributed by atoms with E-state index in [1.807, 2.05) is 13.0 Å². The van der Waals surface area contributed by atoms with E-state index in [9.17, 15) is 9.18 Å². The van der Waals surface area contributed by atoms with Crippen LogP contribution in [0.4, 0.5) is 4.39 Å². The highest BCUT2D eigenvalue weighted by atomic mass is 19.1. The summed E-state index contributed by atoms with van der Waals surface area (Å²) in [5, 5.41) is 0. The smallest absolute Gasteiger partial charge is 0.251 e. The first kappa shape index (κ1) is 12.5. The third-order valence-corrected chi connectivity index (χ3v) is 2.83. The monoisotopic (exact) mass is 246 g/mol. The van der Waals surface area contributed by atoms with Crippen molar-refractivity contribution in [3.8, 4) is 0 Å². The molecule has 0 amide bonds. The van der Waals surface area contributed by atoms with E-state index in [0.717, 1.165) is 11.1 Å². The topological polar surface area (TPSA) is 48.0 Å². The van der Waals surface area contributed by atoms with Crippen LogP contribution < -0.4 is 11.3 Å². The molecule has 0 aliphatic carbocycles. The van der Waals surface area contributed by atoms with Crippen LogP contribution in [0.3, 0.4) is 0 Å². The molecule has 1 aromatic heterocycles. The van der Waals surface area contributed by atoms with Crippen molar-refractivity contribution in [2.45, 2.75) is 20.0 Å². The van der Waals surface area contributed by atoms with Gasteiger partial charge >= 0.3 is 0 Å². The maximum atomic E-state index is 13.3. The fraction of sp³-hybridized carbons (Fsp3) is 0.214. The highest BCUT2D eigenvalue weighted by Gasteiger charge is 2.03. The molecule has 1 aromatic carbocycles. The highest BCUT2D eigenvalue weighted by molar-refractivity contribution is 5.25. The number of hydrogen-bond acceptors (Lipinski definition) is 2. The minimum atomic E-state index is -0.308. The van der Waals surface area contributed by atoms with Gasteiger partial charge in [-0.2, -0.15) is 0 Å². The van der Waals surface area contributed by atoms with Gasteiger partial charge in [-0.3, -0.25) is 4.79 Å². The number of benzene rings is 1. The first-order valence-electron chi connectivity index (χ1n) is 5.74. The van der Waals surface area contributed by atoms with Gasteiger partial charge in [0.05, 0.1) is 6.54 Å².